The summed E-state index contributed by atoms with van der Waals surface area (Å²) in [7, 11) is 0. The molecule has 1 aliphatic rings. The van der Waals surface area contributed by atoms with E-state index in [1.165, 1.54) is 6.07 Å². The highest BCUT2D eigenvalue weighted by atomic mass is 35.5. The van der Waals surface area contributed by atoms with Gasteiger partial charge in [0.25, 0.3) is 0 Å². The van der Waals surface area contributed by atoms with E-state index in [0.29, 0.717) is 27.6 Å². The van der Waals surface area contributed by atoms with Crippen molar-refractivity contribution in [3.8, 4) is 0 Å². The van der Waals surface area contributed by atoms with Gasteiger partial charge in [-0.05, 0) is 12.1 Å². The van der Waals surface area contributed by atoms with Crippen LogP contribution in [0, 0.1) is 0 Å². The number of aldehydes is 1. The van der Waals surface area contributed by atoms with Crippen LogP contribution in [0.15, 0.2) is 22.3 Å². The number of carbonyl (C=O) groups is 1. The normalized spacial score (nSPS) is 16.4. The first kappa shape index (κ1) is 10.1. The minimum Gasteiger partial charge on any atom is -0.410 e. The summed E-state index contributed by atoms with van der Waals surface area (Å²) in [6.45, 7) is 0. The standard InChI is InChI=1S/C9H4Cl2N2O2/c10-4-1-5(11)8-6(2-4)12-7(3-14)9(8)13-15/h1-3,15H. The summed E-state index contributed by atoms with van der Waals surface area (Å²) in [6.07, 6.45) is 0.499. The molecule has 0 aromatic heterocycles. The Kier molecular flexibility index (Phi) is 2.46. The number of halogens is 2. The van der Waals surface area contributed by atoms with Gasteiger partial charge in [-0.25, -0.2) is 4.99 Å². The molecule has 1 N–H and O–H groups in total. The number of hydrogen-bond acceptors (Lipinski definition) is 4. The molecule has 0 bridgehead atoms. The van der Waals surface area contributed by atoms with E-state index < -0.39 is 0 Å². The van der Waals surface area contributed by atoms with Crippen molar-refractivity contribution in [1.29, 1.82) is 0 Å². The van der Waals surface area contributed by atoms with Crippen LogP contribution in [0.2, 0.25) is 10.0 Å². The van der Waals surface area contributed by atoms with Crippen LogP contribution in [0.25, 0.3) is 0 Å². The van der Waals surface area contributed by atoms with Crippen molar-refractivity contribution < 1.29 is 10.0 Å². The average Bonchev–Trinajstić information content (AvgIpc) is 2.55. The van der Waals surface area contributed by atoms with Gasteiger partial charge in [0.2, 0.25) is 0 Å². The van der Waals surface area contributed by atoms with Gasteiger partial charge in [0.15, 0.2) is 6.29 Å². The monoisotopic (exact) mass is 242 g/mol. The molecule has 0 saturated heterocycles. The maximum atomic E-state index is 10.6. The van der Waals surface area contributed by atoms with Gasteiger partial charge in [0.05, 0.1) is 16.3 Å². The lowest BCUT2D eigenvalue weighted by Gasteiger charge is -2.01. The second kappa shape index (κ2) is 3.64. The number of fused-ring (bicyclic) bond motifs is 1. The van der Waals surface area contributed by atoms with Crippen LogP contribution >= 0.6 is 23.2 Å². The fraction of sp³-hybridized carbons (Fsp3) is 0. The Labute approximate surface area is 94.8 Å². The first-order chi connectivity index (χ1) is 7.17. The van der Waals surface area contributed by atoms with Crippen molar-refractivity contribution in [2.24, 2.45) is 10.1 Å². The lowest BCUT2D eigenvalue weighted by molar-refractivity contribution is -0.102. The molecule has 0 spiro atoms. The maximum Gasteiger partial charge on any atom is 0.170 e. The van der Waals surface area contributed by atoms with Gasteiger partial charge in [-0.1, -0.05) is 28.4 Å². The smallest absolute Gasteiger partial charge is 0.170 e. The van der Waals surface area contributed by atoms with E-state index in [1.807, 2.05) is 0 Å². The molecule has 0 unspecified atom stereocenters. The average molecular weight is 243 g/mol. The summed E-state index contributed by atoms with van der Waals surface area (Å²) in [4.78, 5) is 14.6. The van der Waals surface area contributed by atoms with E-state index in [4.69, 9.17) is 28.4 Å². The fourth-order valence-corrected chi connectivity index (χ4v) is 1.95. The van der Waals surface area contributed by atoms with E-state index in [9.17, 15) is 4.79 Å². The molecule has 0 amide bonds. The first-order valence-electron chi connectivity index (χ1n) is 3.93. The highest BCUT2D eigenvalue weighted by molar-refractivity contribution is 6.69. The Morgan fingerprint density at radius 3 is 2.73 bits per heavy atom. The van der Waals surface area contributed by atoms with E-state index in [2.05, 4.69) is 10.1 Å². The first-order valence-corrected chi connectivity index (χ1v) is 4.68. The number of carbonyl (C=O) groups excluding carboxylic acids is 1. The molecule has 1 aromatic rings. The molecule has 0 saturated carbocycles. The third kappa shape index (κ3) is 1.52. The Morgan fingerprint density at radius 1 is 1.40 bits per heavy atom. The summed E-state index contributed by atoms with van der Waals surface area (Å²) in [5, 5.41) is 12.5. The molecule has 0 radical (unpaired) electrons. The number of benzene rings is 1. The topological polar surface area (TPSA) is 62.0 Å². The van der Waals surface area contributed by atoms with Gasteiger partial charge < -0.3 is 5.21 Å². The molecule has 1 aliphatic heterocycles. The summed E-state index contributed by atoms with van der Waals surface area (Å²) in [5.41, 5.74) is 0.964. The van der Waals surface area contributed by atoms with Gasteiger partial charge in [0, 0.05) is 5.02 Å². The second-order valence-electron chi connectivity index (χ2n) is 2.85. The SMILES string of the molecule is O=CC1=Nc2cc(Cl)cc(Cl)c2C1=NO. The predicted molar refractivity (Wildman–Crippen MR) is 57.9 cm³/mol. The second-order valence-corrected chi connectivity index (χ2v) is 3.69. The Bertz CT molecular complexity index is 509. The van der Waals surface area contributed by atoms with Crippen LogP contribution in [0.5, 0.6) is 0 Å². The lowest BCUT2D eigenvalue weighted by atomic mass is 10.1. The fourth-order valence-electron chi connectivity index (χ4n) is 1.38. The van der Waals surface area contributed by atoms with Crippen molar-refractivity contribution in [1.82, 2.24) is 0 Å². The number of hydrogen-bond donors (Lipinski definition) is 1. The van der Waals surface area contributed by atoms with Crippen LogP contribution in [0.3, 0.4) is 0 Å². The van der Waals surface area contributed by atoms with Gasteiger partial charge >= 0.3 is 0 Å². The quantitative estimate of drug-likeness (QED) is 0.467. The predicted octanol–water partition coefficient (Wildman–Crippen LogP) is 2.46. The molecule has 1 heterocycles. The maximum absolute atomic E-state index is 10.6. The van der Waals surface area contributed by atoms with E-state index in [-0.39, 0.29) is 11.4 Å². The van der Waals surface area contributed by atoms with E-state index in [0.717, 1.165) is 0 Å². The van der Waals surface area contributed by atoms with Crippen LogP contribution in [-0.4, -0.2) is 22.9 Å². The molecular formula is C9H4Cl2N2O2. The van der Waals surface area contributed by atoms with Crippen molar-refractivity contribution in [3.05, 3.63) is 27.7 Å². The zero-order valence-electron chi connectivity index (χ0n) is 7.24. The van der Waals surface area contributed by atoms with E-state index in [1.54, 1.807) is 6.07 Å². The van der Waals surface area contributed by atoms with Crippen LogP contribution < -0.4 is 0 Å². The molecule has 76 valence electrons. The van der Waals surface area contributed by atoms with Crippen molar-refractivity contribution >= 4 is 46.6 Å². The molecule has 6 heteroatoms. The minimum absolute atomic E-state index is 0.0386. The molecule has 0 atom stereocenters. The summed E-state index contributed by atoms with van der Waals surface area (Å²) in [6, 6.07) is 3.04. The largest absolute Gasteiger partial charge is 0.410 e. The molecular weight excluding hydrogens is 239 g/mol. The van der Waals surface area contributed by atoms with Crippen LogP contribution in [0.4, 0.5) is 5.69 Å². The Balaban J connectivity index is 2.72. The van der Waals surface area contributed by atoms with Gasteiger partial charge in [0.1, 0.15) is 11.4 Å². The van der Waals surface area contributed by atoms with Crippen LogP contribution in [0.1, 0.15) is 5.56 Å². The lowest BCUT2D eigenvalue weighted by Crippen LogP contribution is -2.12. The highest BCUT2D eigenvalue weighted by Crippen LogP contribution is 2.35. The third-order valence-corrected chi connectivity index (χ3v) is 2.48. The van der Waals surface area contributed by atoms with Gasteiger partial charge in [-0.3, -0.25) is 4.79 Å². The minimum atomic E-state index is 0.0386. The van der Waals surface area contributed by atoms with E-state index >= 15 is 0 Å². The third-order valence-electron chi connectivity index (χ3n) is 1.97. The molecule has 0 aliphatic carbocycles. The Morgan fingerprint density at radius 2 is 2.13 bits per heavy atom. The zero-order valence-corrected chi connectivity index (χ0v) is 8.75. The summed E-state index contributed by atoms with van der Waals surface area (Å²) >= 11 is 11.7. The van der Waals surface area contributed by atoms with Crippen molar-refractivity contribution in [2.45, 2.75) is 0 Å². The molecule has 4 nitrogen and oxygen atoms in total. The number of nitrogens with zero attached hydrogens (tertiary/aromatic N) is 2. The number of oxime groups is 1. The van der Waals surface area contributed by atoms with Crippen LogP contribution in [-0.2, 0) is 4.79 Å². The van der Waals surface area contributed by atoms with Crippen molar-refractivity contribution in [3.63, 3.8) is 0 Å². The van der Waals surface area contributed by atoms with Crippen molar-refractivity contribution in [2.75, 3.05) is 0 Å². The van der Waals surface area contributed by atoms with Gasteiger partial charge in [-0.2, -0.15) is 0 Å². The molecule has 15 heavy (non-hydrogen) atoms. The molecule has 1 aromatic carbocycles. The number of rotatable bonds is 1. The van der Waals surface area contributed by atoms with Gasteiger partial charge in [-0.15, -0.1) is 0 Å². The number of aliphatic imine (C=N–C) groups is 1. The molecule has 0 fully saturated rings. The highest BCUT2D eigenvalue weighted by Gasteiger charge is 2.26. The molecule has 2 rings (SSSR count). The summed E-state index contributed by atoms with van der Waals surface area (Å²) in [5.74, 6) is 0. The zero-order chi connectivity index (χ0) is 11.0. The summed E-state index contributed by atoms with van der Waals surface area (Å²) < 4.78 is 0. The Hall–Kier alpha value is -1.39.